The van der Waals surface area contributed by atoms with E-state index in [1.165, 1.54) is 0 Å². The van der Waals surface area contributed by atoms with Crippen molar-refractivity contribution in [3.63, 3.8) is 0 Å². The molecule has 1 fully saturated rings. The van der Waals surface area contributed by atoms with E-state index in [2.05, 4.69) is 0 Å². The van der Waals surface area contributed by atoms with Gasteiger partial charge in [-0.05, 0) is 45.1 Å². The Morgan fingerprint density at radius 3 is 2.56 bits per heavy atom. The maximum atomic E-state index is 11.1. The molecule has 0 unspecified atom stereocenters. The van der Waals surface area contributed by atoms with Crippen molar-refractivity contribution in [2.75, 3.05) is 0 Å². The molecule has 0 atom stereocenters. The van der Waals surface area contributed by atoms with Crippen LogP contribution in [0.5, 0.6) is 0 Å². The molecule has 0 aromatic heterocycles. The molecule has 98 valence electrons. The zero-order valence-corrected chi connectivity index (χ0v) is 11.1. The summed E-state index contributed by atoms with van der Waals surface area (Å²) in [5.41, 5.74) is 1.74. The Morgan fingerprint density at radius 1 is 1.39 bits per heavy atom. The van der Waals surface area contributed by atoms with Crippen molar-refractivity contribution in [2.24, 2.45) is 0 Å². The molecular formula is C14H19NO3. The van der Waals surface area contributed by atoms with E-state index < -0.39 is 0 Å². The van der Waals surface area contributed by atoms with Gasteiger partial charge in [0.2, 0.25) is 0 Å². The molecule has 1 saturated carbocycles. The molecule has 4 nitrogen and oxygen atoms in total. The first-order chi connectivity index (χ1) is 8.38. The SMILES string of the molecule is CC(C)(C)OCc1c(C2CC2)cccc1[N+](=O)[O-]. The fourth-order valence-electron chi connectivity index (χ4n) is 1.99. The maximum Gasteiger partial charge on any atom is 0.275 e. The first kappa shape index (κ1) is 13.0. The molecule has 18 heavy (non-hydrogen) atoms. The van der Waals surface area contributed by atoms with Crippen LogP contribution in [0.2, 0.25) is 0 Å². The average molecular weight is 249 g/mol. The number of ether oxygens (including phenoxy) is 1. The molecule has 0 aliphatic heterocycles. The van der Waals surface area contributed by atoms with Gasteiger partial charge in [0.05, 0.1) is 22.7 Å². The Labute approximate surface area is 107 Å². The Bertz CT molecular complexity index is 459. The molecule has 0 heterocycles. The summed E-state index contributed by atoms with van der Waals surface area (Å²) in [6.07, 6.45) is 2.26. The van der Waals surface area contributed by atoms with Gasteiger partial charge < -0.3 is 4.74 Å². The Kier molecular flexibility index (Phi) is 3.39. The lowest BCUT2D eigenvalue weighted by molar-refractivity contribution is -0.386. The van der Waals surface area contributed by atoms with Gasteiger partial charge in [0.25, 0.3) is 5.69 Å². The highest BCUT2D eigenvalue weighted by Gasteiger charge is 2.30. The predicted octanol–water partition coefficient (Wildman–Crippen LogP) is 3.79. The molecule has 0 amide bonds. The Morgan fingerprint density at radius 2 is 2.06 bits per heavy atom. The van der Waals surface area contributed by atoms with Gasteiger partial charge in [-0.1, -0.05) is 12.1 Å². The van der Waals surface area contributed by atoms with Gasteiger partial charge in [-0.3, -0.25) is 10.1 Å². The average Bonchev–Trinajstić information content (AvgIpc) is 3.08. The van der Waals surface area contributed by atoms with Crippen LogP contribution in [0, 0.1) is 10.1 Å². The van der Waals surface area contributed by atoms with E-state index in [0.29, 0.717) is 12.5 Å². The van der Waals surface area contributed by atoms with Crippen LogP contribution in [-0.4, -0.2) is 10.5 Å². The normalized spacial score (nSPS) is 15.7. The number of hydrogen-bond donors (Lipinski definition) is 0. The van der Waals surface area contributed by atoms with Gasteiger partial charge in [0, 0.05) is 6.07 Å². The lowest BCUT2D eigenvalue weighted by Gasteiger charge is -2.20. The summed E-state index contributed by atoms with van der Waals surface area (Å²) in [7, 11) is 0. The molecular weight excluding hydrogens is 230 g/mol. The standard InChI is InChI=1S/C14H19NO3/c1-14(2,3)18-9-12-11(10-7-8-10)5-4-6-13(12)15(16)17/h4-6,10H,7-9H2,1-3H3. The van der Waals surface area contributed by atoms with Crippen molar-refractivity contribution >= 4 is 5.69 Å². The monoisotopic (exact) mass is 249 g/mol. The minimum Gasteiger partial charge on any atom is -0.371 e. The fourth-order valence-corrected chi connectivity index (χ4v) is 1.99. The van der Waals surface area contributed by atoms with Crippen molar-refractivity contribution < 1.29 is 9.66 Å². The van der Waals surface area contributed by atoms with Gasteiger partial charge in [-0.25, -0.2) is 0 Å². The molecule has 0 spiro atoms. The third kappa shape index (κ3) is 3.07. The van der Waals surface area contributed by atoms with E-state index >= 15 is 0 Å². The van der Waals surface area contributed by atoms with Crippen molar-refractivity contribution in [2.45, 2.75) is 51.7 Å². The second kappa shape index (κ2) is 4.69. The largest absolute Gasteiger partial charge is 0.371 e. The summed E-state index contributed by atoms with van der Waals surface area (Å²) >= 11 is 0. The number of nitro benzene ring substituents is 1. The quantitative estimate of drug-likeness (QED) is 0.602. The van der Waals surface area contributed by atoms with Crippen molar-refractivity contribution in [3.05, 3.63) is 39.4 Å². The highest BCUT2D eigenvalue weighted by atomic mass is 16.6. The predicted molar refractivity (Wildman–Crippen MR) is 69.6 cm³/mol. The number of benzene rings is 1. The van der Waals surface area contributed by atoms with Gasteiger partial charge >= 0.3 is 0 Å². The minimum absolute atomic E-state index is 0.184. The van der Waals surface area contributed by atoms with Crippen LogP contribution in [0.4, 0.5) is 5.69 Å². The second-order valence-electron chi connectivity index (χ2n) is 5.78. The van der Waals surface area contributed by atoms with Crippen LogP contribution >= 0.6 is 0 Å². The van der Waals surface area contributed by atoms with Crippen LogP contribution in [0.25, 0.3) is 0 Å². The molecule has 4 heteroatoms. The van der Waals surface area contributed by atoms with Gasteiger partial charge in [-0.2, -0.15) is 0 Å². The minimum atomic E-state index is -0.312. The second-order valence-corrected chi connectivity index (χ2v) is 5.78. The highest BCUT2D eigenvalue weighted by molar-refractivity contribution is 5.47. The number of hydrogen-bond acceptors (Lipinski definition) is 3. The van der Waals surface area contributed by atoms with E-state index in [9.17, 15) is 10.1 Å². The molecule has 0 radical (unpaired) electrons. The third-order valence-electron chi connectivity index (χ3n) is 3.05. The summed E-state index contributed by atoms with van der Waals surface area (Å²) in [5, 5.41) is 11.1. The van der Waals surface area contributed by atoms with Crippen LogP contribution in [0.3, 0.4) is 0 Å². The number of rotatable bonds is 4. The van der Waals surface area contributed by atoms with E-state index in [1.54, 1.807) is 12.1 Å². The highest BCUT2D eigenvalue weighted by Crippen LogP contribution is 2.43. The topological polar surface area (TPSA) is 52.4 Å². The fraction of sp³-hybridized carbons (Fsp3) is 0.571. The van der Waals surface area contributed by atoms with Crippen LogP contribution in [-0.2, 0) is 11.3 Å². The summed E-state index contributed by atoms with van der Waals surface area (Å²) in [6.45, 7) is 6.18. The number of nitro groups is 1. The zero-order chi connectivity index (χ0) is 13.3. The van der Waals surface area contributed by atoms with E-state index in [1.807, 2.05) is 26.8 Å². The Hall–Kier alpha value is -1.42. The van der Waals surface area contributed by atoms with Crippen molar-refractivity contribution in [3.8, 4) is 0 Å². The lowest BCUT2D eigenvalue weighted by atomic mass is 10.0. The zero-order valence-electron chi connectivity index (χ0n) is 11.1. The molecule has 1 aromatic rings. The van der Waals surface area contributed by atoms with Crippen molar-refractivity contribution in [1.29, 1.82) is 0 Å². The van der Waals surface area contributed by atoms with E-state index in [-0.39, 0.29) is 16.2 Å². The third-order valence-corrected chi connectivity index (χ3v) is 3.05. The van der Waals surface area contributed by atoms with Gasteiger partial charge in [0.1, 0.15) is 0 Å². The summed E-state index contributed by atoms with van der Waals surface area (Å²) < 4.78 is 5.72. The summed E-state index contributed by atoms with van der Waals surface area (Å²) in [5.74, 6) is 0.489. The number of nitrogens with zero attached hydrogens (tertiary/aromatic N) is 1. The molecule has 2 rings (SSSR count). The van der Waals surface area contributed by atoms with Crippen LogP contribution in [0.15, 0.2) is 18.2 Å². The molecule has 1 aliphatic rings. The summed E-state index contributed by atoms with van der Waals surface area (Å²) in [4.78, 5) is 10.8. The molecule has 1 aliphatic carbocycles. The summed E-state index contributed by atoms with van der Waals surface area (Å²) in [6, 6.07) is 5.33. The first-order valence-electron chi connectivity index (χ1n) is 6.28. The molecule has 1 aromatic carbocycles. The molecule has 0 bridgehead atoms. The molecule has 0 saturated heterocycles. The van der Waals surface area contributed by atoms with E-state index in [4.69, 9.17) is 4.74 Å². The molecule has 0 N–H and O–H groups in total. The van der Waals surface area contributed by atoms with E-state index in [0.717, 1.165) is 24.0 Å². The smallest absolute Gasteiger partial charge is 0.275 e. The van der Waals surface area contributed by atoms with Crippen molar-refractivity contribution in [1.82, 2.24) is 0 Å². The van der Waals surface area contributed by atoms with Gasteiger partial charge in [-0.15, -0.1) is 0 Å². The lowest BCUT2D eigenvalue weighted by Crippen LogP contribution is -2.19. The Balaban J connectivity index is 2.31. The van der Waals surface area contributed by atoms with Crippen LogP contribution < -0.4 is 0 Å². The maximum absolute atomic E-state index is 11.1. The van der Waals surface area contributed by atoms with Crippen LogP contribution in [0.1, 0.15) is 50.7 Å². The first-order valence-corrected chi connectivity index (χ1v) is 6.28. The van der Waals surface area contributed by atoms with Gasteiger partial charge in [0.15, 0.2) is 0 Å².